The Bertz CT molecular complexity index is 356. The lowest BCUT2D eigenvalue weighted by Gasteiger charge is -2.21. The Morgan fingerprint density at radius 3 is 2.21 bits per heavy atom. The van der Waals surface area contributed by atoms with E-state index in [1.807, 2.05) is 0 Å². The van der Waals surface area contributed by atoms with E-state index in [-0.39, 0.29) is 0 Å². The van der Waals surface area contributed by atoms with Gasteiger partial charge in [0.2, 0.25) is 0 Å². The Kier molecular flexibility index (Phi) is 3.44. The van der Waals surface area contributed by atoms with Gasteiger partial charge >= 0.3 is 0 Å². The van der Waals surface area contributed by atoms with Crippen molar-refractivity contribution in [3.8, 4) is 0 Å². The maximum atomic E-state index is 6.09. The molecule has 0 fully saturated rings. The third-order valence-electron chi connectivity index (χ3n) is 2.33. The molecule has 0 unspecified atom stereocenters. The Balaban J connectivity index is 2.71. The summed E-state index contributed by atoms with van der Waals surface area (Å²) in [4.78, 5) is 0. The van der Waals surface area contributed by atoms with Crippen LogP contribution >= 0.6 is 55.1 Å². The van der Waals surface area contributed by atoms with Gasteiger partial charge in [-0.15, -0.1) is 0 Å². The molecule has 0 bridgehead atoms. The first kappa shape index (κ1) is 11.2. The van der Waals surface area contributed by atoms with Crippen molar-refractivity contribution in [2.24, 2.45) is 0 Å². The minimum Gasteiger partial charge on any atom is -0.312 e. The van der Waals surface area contributed by atoms with Gasteiger partial charge < -0.3 is 5.32 Å². The second-order valence-corrected chi connectivity index (χ2v) is 5.48. The molecule has 1 N–H and O–H groups in total. The fourth-order valence-corrected chi connectivity index (χ4v) is 3.45. The van der Waals surface area contributed by atoms with Crippen molar-refractivity contribution in [1.82, 2.24) is 5.32 Å². The molecule has 0 saturated heterocycles. The van der Waals surface area contributed by atoms with Crippen LogP contribution in [0.25, 0.3) is 0 Å². The van der Waals surface area contributed by atoms with Crippen LogP contribution in [0, 0.1) is 0 Å². The fraction of sp³-hybridized carbons (Fsp3) is 0.333. The third kappa shape index (κ3) is 1.74. The van der Waals surface area contributed by atoms with Crippen molar-refractivity contribution in [2.45, 2.75) is 13.0 Å². The van der Waals surface area contributed by atoms with Crippen molar-refractivity contribution in [2.75, 3.05) is 6.54 Å². The van der Waals surface area contributed by atoms with Crippen LogP contribution in [0.1, 0.15) is 11.1 Å². The molecule has 0 amide bonds. The number of halogens is 4. The summed E-state index contributed by atoms with van der Waals surface area (Å²) in [5.41, 5.74) is 2.46. The van der Waals surface area contributed by atoms with Crippen molar-refractivity contribution in [3.63, 3.8) is 0 Å². The predicted octanol–water partition coefficient (Wildman–Crippen LogP) is 4.16. The van der Waals surface area contributed by atoms with Crippen LogP contribution in [0.4, 0.5) is 0 Å². The van der Waals surface area contributed by atoms with E-state index in [1.54, 1.807) is 0 Å². The van der Waals surface area contributed by atoms with E-state index in [4.69, 9.17) is 23.2 Å². The predicted molar refractivity (Wildman–Crippen MR) is 67.3 cm³/mol. The molecule has 0 radical (unpaired) electrons. The molecule has 5 heteroatoms. The third-order valence-corrected chi connectivity index (χ3v) is 5.39. The van der Waals surface area contributed by atoms with Crippen LogP contribution in [0.2, 0.25) is 10.0 Å². The summed E-state index contributed by atoms with van der Waals surface area (Å²) in [6, 6.07) is 0. The Hall–Kier alpha value is 0.720. The molecule has 0 saturated carbocycles. The van der Waals surface area contributed by atoms with Crippen molar-refractivity contribution in [3.05, 3.63) is 30.1 Å². The highest BCUT2D eigenvalue weighted by Crippen LogP contribution is 2.42. The van der Waals surface area contributed by atoms with Gasteiger partial charge in [-0.3, -0.25) is 0 Å². The molecule has 0 spiro atoms. The monoisotopic (exact) mass is 357 g/mol. The van der Waals surface area contributed by atoms with Crippen LogP contribution < -0.4 is 5.32 Å². The van der Waals surface area contributed by atoms with Crippen molar-refractivity contribution >= 4 is 55.1 Å². The highest BCUT2D eigenvalue weighted by atomic mass is 79.9. The molecule has 14 heavy (non-hydrogen) atoms. The standard InChI is InChI=1S/C9H7Br2Cl2N/c10-6-4-1-2-14-3-5(4)7(11)9(13)8(6)12/h14H,1-3H2. The van der Waals surface area contributed by atoms with Crippen LogP contribution in [0.3, 0.4) is 0 Å². The smallest absolute Gasteiger partial charge is 0.0749 e. The summed E-state index contributed by atoms with van der Waals surface area (Å²) in [6.07, 6.45) is 0.978. The molecule has 0 aromatic heterocycles. The van der Waals surface area contributed by atoms with Crippen LogP contribution in [-0.2, 0) is 13.0 Å². The van der Waals surface area contributed by atoms with E-state index in [9.17, 15) is 0 Å². The first-order valence-corrected chi connectivity index (χ1v) is 6.51. The average molecular weight is 360 g/mol. The number of hydrogen-bond donors (Lipinski definition) is 1. The maximum absolute atomic E-state index is 6.09. The molecule has 1 nitrogen and oxygen atoms in total. The zero-order chi connectivity index (χ0) is 10.3. The number of hydrogen-bond acceptors (Lipinski definition) is 1. The van der Waals surface area contributed by atoms with Crippen LogP contribution in [-0.4, -0.2) is 6.54 Å². The molecule has 1 aliphatic heterocycles. The minimum atomic E-state index is 0.584. The summed E-state index contributed by atoms with van der Waals surface area (Å²) >= 11 is 19.1. The molecule has 1 aliphatic rings. The lowest BCUT2D eigenvalue weighted by Crippen LogP contribution is -2.24. The molecule has 0 atom stereocenters. The van der Waals surface area contributed by atoms with Gasteiger partial charge in [-0.1, -0.05) is 23.2 Å². The zero-order valence-electron chi connectivity index (χ0n) is 7.13. The van der Waals surface area contributed by atoms with Gasteiger partial charge in [0.25, 0.3) is 0 Å². The lowest BCUT2D eigenvalue weighted by atomic mass is 10.0. The summed E-state index contributed by atoms with van der Waals surface area (Å²) in [5.74, 6) is 0. The SMILES string of the molecule is Clc1c(Cl)c(Br)c2c(c1Br)CCNC2. The molecule has 0 aliphatic carbocycles. The normalized spacial score (nSPS) is 15.4. The van der Waals surface area contributed by atoms with Gasteiger partial charge in [0.15, 0.2) is 0 Å². The Morgan fingerprint density at radius 2 is 1.57 bits per heavy atom. The maximum Gasteiger partial charge on any atom is 0.0749 e. The molecule has 1 heterocycles. The van der Waals surface area contributed by atoms with Crippen LogP contribution in [0.15, 0.2) is 8.95 Å². The highest BCUT2D eigenvalue weighted by Gasteiger charge is 2.21. The first-order chi connectivity index (χ1) is 6.63. The number of fused-ring (bicyclic) bond motifs is 1. The molecule has 76 valence electrons. The highest BCUT2D eigenvalue weighted by molar-refractivity contribution is 9.11. The van der Waals surface area contributed by atoms with E-state index in [1.165, 1.54) is 11.1 Å². The van der Waals surface area contributed by atoms with Crippen LogP contribution in [0.5, 0.6) is 0 Å². The number of benzene rings is 1. The van der Waals surface area contributed by atoms with Gasteiger partial charge in [-0.05, 0) is 56.0 Å². The average Bonchev–Trinajstić information content (AvgIpc) is 2.23. The second-order valence-electron chi connectivity index (χ2n) is 3.14. The minimum absolute atomic E-state index is 0.584. The lowest BCUT2D eigenvalue weighted by molar-refractivity contribution is 0.639. The summed E-state index contributed by atoms with van der Waals surface area (Å²) < 4.78 is 1.85. The topological polar surface area (TPSA) is 12.0 Å². The van der Waals surface area contributed by atoms with Crippen molar-refractivity contribution in [1.29, 1.82) is 0 Å². The van der Waals surface area contributed by atoms with E-state index < -0.39 is 0 Å². The quantitative estimate of drug-likeness (QED) is 0.541. The molecule has 2 rings (SSSR count). The van der Waals surface area contributed by atoms with Gasteiger partial charge in [0, 0.05) is 15.5 Å². The first-order valence-electron chi connectivity index (χ1n) is 4.17. The largest absolute Gasteiger partial charge is 0.312 e. The van der Waals surface area contributed by atoms with Gasteiger partial charge in [0.05, 0.1) is 10.0 Å². The Morgan fingerprint density at radius 1 is 1.00 bits per heavy atom. The molecule has 1 aromatic rings. The second kappa shape index (κ2) is 4.30. The number of rotatable bonds is 0. The molecular weight excluding hydrogens is 353 g/mol. The fourth-order valence-electron chi connectivity index (χ4n) is 1.59. The molecular formula is C9H7Br2Cl2N. The van der Waals surface area contributed by atoms with Gasteiger partial charge in [0.1, 0.15) is 0 Å². The summed E-state index contributed by atoms with van der Waals surface area (Å²) in [6.45, 7) is 1.82. The van der Waals surface area contributed by atoms with Gasteiger partial charge in [-0.25, -0.2) is 0 Å². The summed E-state index contributed by atoms with van der Waals surface area (Å²) in [5, 5.41) is 4.48. The zero-order valence-corrected chi connectivity index (χ0v) is 11.8. The van der Waals surface area contributed by atoms with E-state index >= 15 is 0 Å². The van der Waals surface area contributed by atoms with E-state index in [0.29, 0.717) is 10.0 Å². The van der Waals surface area contributed by atoms with Gasteiger partial charge in [-0.2, -0.15) is 0 Å². The van der Waals surface area contributed by atoms with E-state index in [2.05, 4.69) is 37.2 Å². The van der Waals surface area contributed by atoms with E-state index in [0.717, 1.165) is 28.5 Å². The number of nitrogens with one attached hydrogen (secondary N) is 1. The molecule has 1 aromatic carbocycles. The Labute approximate surface area is 109 Å². The van der Waals surface area contributed by atoms with Crippen molar-refractivity contribution < 1.29 is 0 Å². The summed E-state index contributed by atoms with van der Waals surface area (Å²) in [7, 11) is 0.